The summed E-state index contributed by atoms with van der Waals surface area (Å²) in [4.78, 5) is 4.74. The van der Waals surface area contributed by atoms with E-state index in [4.69, 9.17) is 15.5 Å². The van der Waals surface area contributed by atoms with Gasteiger partial charge in [-0.3, -0.25) is 0 Å². The summed E-state index contributed by atoms with van der Waals surface area (Å²) >= 11 is 0. The quantitative estimate of drug-likeness (QED) is 0.732. The molecule has 3 rings (SSSR count). The Morgan fingerprint density at radius 1 is 1.14 bits per heavy atom. The monoisotopic (exact) mass is 281 g/mol. The summed E-state index contributed by atoms with van der Waals surface area (Å²) in [5.74, 6) is 1.68. The maximum absolute atomic E-state index is 6.25. The largest absolute Gasteiger partial charge is 0.497 e. The number of nitrogens with zero attached hydrogens (tertiary/aromatic N) is 2. The molecule has 0 bridgehead atoms. The van der Waals surface area contributed by atoms with Crippen LogP contribution in [0.3, 0.4) is 0 Å². The van der Waals surface area contributed by atoms with Gasteiger partial charge in [0.2, 0.25) is 0 Å². The summed E-state index contributed by atoms with van der Waals surface area (Å²) in [5, 5.41) is 0. The van der Waals surface area contributed by atoms with E-state index in [0.717, 1.165) is 39.4 Å². The maximum Gasteiger partial charge on any atom is 0.142 e. The van der Waals surface area contributed by atoms with E-state index in [1.807, 2.05) is 32.2 Å². The molecule has 4 heteroatoms. The van der Waals surface area contributed by atoms with Gasteiger partial charge in [-0.1, -0.05) is 6.07 Å². The van der Waals surface area contributed by atoms with Crippen LogP contribution in [0.4, 0.5) is 5.69 Å². The molecule has 3 aromatic rings. The van der Waals surface area contributed by atoms with Crippen molar-refractivity contribution in [1.29, 1.82) is 0 Å². The number of rotatable bonds is 2. The summed E-state index contributed by atoms with van der Waals surface area (Å²) < 4.78 is 7.33. The second-order valence-electron chi connectivity index (χ2n) is 5.39. The van der Waals surface area contributed by atoms with E-state index in [0.29, 0.717) is 0 Å². The lowest BCUT2D eigenvalue weighted by molar-refractivity contribution is 0.415. The maximum atomic E-state index is 6.25. The average Bonchev–Trinajstić information content (AvgIpc) is 2.79. The fourth-order valence-electron chi connectivity index (χ4n) is 2.71. The third kappa shape index (κ3) is 2.13. The van der Waals surface area contributed by atoms with Gasteiger partial charge in [-0.25, -0.2) is 4.98 Å². The predicted octanol–water partition coefficient (Wildman–Crippen LogP) is 3.45. The van der Waals surface area contributed by atoms with Crippen molar-refractivity contribution in [2.24, 2.45) is 7.05 Å². The van der Waals surface area contributed by atoms with Crippen molar-refractivity contribution in [3.05, 3.63) is 41.5 Å². The number of imidazole rings is 1. The van der Waals surface area contributed by atoms with Crippen LogP contribution in [-0.2, 0) is 7.05 Å². The molecule has 2 N–H and O–H groups in total. The van der Waals surface area contributed by atoms with Gasteiger partial charge in [0.1, 0.15) is 11.6 Å². The molecule has 108 valence electrons. The molecule has 4 nitrogen and oxygen atoms in total. The first kappa shape index (κ1) is 13.5. The standard InChI is InChI=1S/C17H19N3O/c1-10-7-11(2)16(18)13(8-10)17-19-14-9-12(21-4)5-6-15(14)20(17)3/h5-9H,18H2,1-4H3. The highest BCUT2D eigenvalue weighted by molar-refractivity contribution is 5.85. The summed E-state index contributed by atoms with van der Waals surface area (Å²) in [6.45, 7) is 4.10. The topological polar surface area (TPSA) is 53.1 Å². The number of hydrogen-bond acceptors (Lipinski definition) is 3. The van der Waals surface area contributed by atoms with Gasteiger partial charge in [0, 0.05) is 24.4 Å². The summed E-state index contributed by atoms with van der Waals surface area (Å²) in [6.07, 6.45) is 0. The molecule has 1 aromatic heterocycles. The van der Waals surface area contributed by atoms with Crippen molar-refractivity contribution in [1.82, 2.24) is 9.55 Å². The number of methoxy groups -OCH3 is 1. The number of hydrogen-bond donors (Lipinski definition) is 1. The minimum atomic E-state index is 0.783. The fraction of sp³-hybridized carbons (Fsp3) is 0.235. The van der Waals surface area contributed by atoms with E-state index in [9.17, 15) is 0 Å². The van der Waals surface area contributed by atoms with Crippen molar-refractivity contribution < 1.29 is 4.74 Å². The number of aryl methyl sites for hydroxylation is 3. The number of aromatic nitrogens is 2. The number of ether oxygens (including phenoxy) is 1. The first-order valence-corrected chi connectivity index (χ1v) is 6.89. The number of fused-ring (bicyclic) bond motifs is 1. The molecule has 0 amide bonds. The third-order valence-corrected chi connectivity index (χ3v) is 3.86. The molecule has 0 atom stereocenters. The first-order chi connectivity index (χ1) is 10.0. The Bertz CT molecular complexity index is 834. The Morgan fingerprint density at radius 2 is 1.90 bits per heavy atom. The van der Waals surface area contributed by atoms with Crippen LogP contribution < -0.4 is 10.5 Å². The molecule has 0 saturated carbocycles. The molecule has 0 fully saturated rings. The van der Waals surface area contributed by atoms with Gasteiger partial charge in [0.05, 0.1) is 18.1 Å². The smallest absolute Gasteiger partial charge is 0.142 e. The van der Waals surface area contributed by atoms with Crippen LogP contribution >= 0.6 is 0 Å². The van der Waals surface area contributed by atoms with Gasteiger partial charge >= 0.3 is 0 Å². The highest BCUT2D eigenvalue weighted by Gasteiger charge is 2.14. The van der Waals surface area contributed by atoms with Crippen molar-refractivity contribution >= 4 is 16.7 Å². The summed E-state index contributed by atoms with van der Waals surface area (Å²) in [5.41, 5.74) is 12.2. The molecular weight excluding hydrogens is 262 g/mol. The molecule has 0 unspecified atom stereocenters. The molecule has 0 spiro atoms. The number of benzene rings is 2. The summed E-state index contributed by atoms with van der Waals surface area (Å²) in [7, 11) is 3.67. The van der Waals surface area contributed by atoms with Gasteiger partial charge < -0.3 is 15.0 Å². The predicted molar refractivity (Wildman–Crippen MR) is 86.6 cm³/mol. The van der Waals surface area contributed by atoms with Crippen molar-refractivity contribution in [2.75, 3.05) is 12.8 Å². The fourth-order valence-corrected chi connectivity index (χ4v) is 2.71. The lowest BCUT2D eigenvalue weighted by Gasteiger charge is -2.10. The first-order valence-electron chi connectivity index (χ1n) is 6.89. The number of nitrogen functional groups attached to an aromatic ring is 1. The number of anilines is 1. The summed E-state index contributed by atoms with van der Waals surface area (Å²) in [6, 6.07) is 10.1. The Hall–Kier alpha value is -2.49. The zero-order valence-corrected chi connectivity index (χ0v) is 12.8. The lowest BCUT2D eigenvalue weighted by atomic mass is 10.0. The zero-order chi connectivity index (χ0) is 15.1. The van der Waals surface area contributed by atoms with E-state index in [2.05, 4.69) is 23.6 Å². The highest BCUT2D eigenvalue weighted by atomic mass is 16.5. The minimum Gasteiger partial charge on any atom is -0.497 e. The van der Waals surface area contributed by atoms with Gasteiger partial charge in [0.25, 0.3) is 0 Å². The Balaban J connectivity index is 2.28. The molecular formula is C17H19N3O. The van der Waals surface area contributed by atoms with Crippen LogP contribution in [0.15, 0.2) is 30.3 Å². The van der Waals surface area contributed by atoms with Crippen LogP contribution in [0.5, 0.6) is 5.75 Å². The Kier molecular flexibility index (Phi) is 3.09. The molecule has 2 aromatic carbocycles. The van der Waals surface area contributed by atoms with E-state index in [1.54, 1.807) is 7.11 Å². The average molecular weight is 281 g/mol. The van der Waals surface area contributed by atoms with Gasteiger partial charge in [-0.05, 0) is 43.2 Å². The molecule has 1 heterocycles. The van der Waals surface area contributed by atoms with E-state index >= 15 is 0 Å². The molecule has 0 aliphatic rings. The molecule has 0 aliphatic carbocycles. The van der Waals surface area contributed by atoms with Crippen molar-refractivity contribution in [3.63, 3.8) is 0 Å². The molecule has 0 aliphatic heterocycles. The second kappa shape index (κ2) is 4.81. The molecule has 0 radical (unpaired) electrons. The van der Waals surface area contributed by atoms with Crippen LogP contribution in [0, 0.1) is 13.8 Å². The SMILES string of the molecule is COc1ccc2c(c1)nc(-c1cc(C)cc(C)c1N)n2C. The second-order valence-corrected chi connectivity index (χ2v) is 5.39. The van der Waals surface area contributed by atoms with E-state index in [1.165, 1.54) is 5.56 Å². The van der Waals surface area contributed by atoms with Crippen LogP contribution in [0.2, 0.25) is 0 Å². The zero-order valence-electron chi connectivity index (χ0n) is 12.8. The van der Waals surface area contributed by atoms with Crippen molar-refractivity contribution in [2.45, 2.75) is 13.8 Å². The Morgan fingerprint density at radius 3 is 2.62 bits per heavy atom. The van der Waals surface area contributed by atoms with Crippen LogP contribution in [-0.4, -0.2) is 16.7 Å². The lowest BCUT2D eigenvalue weighted by Crippen LogP contribution is -1.99. The third-order valence-electron chi connectivity index (χ3n) is 3.86. The van der Waals surface area contributed by atoms with Gasteiger partial charge in [0.15, 0.2) is 0 Å². The van der Waals surface area contributed by atoms with E-state index in [-0.39, 0.29) is 0 Å². The van der Waals surface area contributed by atoms with Gasteiger partial charge in [-0.15, -0.1) is 0 Å². The minimum absolute atomic E-state index is 0.783. The van der Waals surface area contributed by atoms with Crippen LogP contribution in [0.1, 0.15) is 11.1 Å². The normalized spacial score (nSPS) is 11.0. The molecule has 0 saturated heterocycles. The molecule has 21 heavy (non-hydrogen) atoms. The number of nitrogens with two attached hydrogens (primary N) is 1. The highest BCUT2D eigenvalue weighted by Crippen LogP contribution is 2.32. The van der Waals surface area contributed by atoms with E-state index < -0.39 is 0 Å². The van der Waals surface area contributed by atoms with Gasteiger partial charge in [-0.2, -0.15) is 0 Å². The van der Waals surface area contributed by atoms with Crippen molar-refractivity contribution in [3.8, 4) is 17.1 Å². The van der Waals surface area contributed by atoms with Crippen LogP contribution in [0.25, 0.3) is 22.4 Å². The Labute approximate surface area is 124 Å².